The molecule has 0 aliphatic rings. The summed E-state index contributed by atoms with van der Waals surface area (Å²) in [6.45, 7) is 1.66. The lowest BCUT2D eigenvalue weighted by molar-refractivity contribution is -0.142. The fourth-order valence-corrected chi connectivity index (χ4v) is 2.17. The van der Waals surface area contributed by atoms with Crippen molar-refractivity contribution in [3.8, 4) is 11.5 Å². The van der Waals surface area contributed by atoms with Crippen LogP contribution in [0.15, 0.2) is 47.6 Å². The minimum absolute atomic E-state index is 0.194. The number of carbonyl (C=O) groups is 3. The summed E-state index contributed by atoms with van der Waals surface area (Å²) in [6.07, 6.45) is 1.36. The zero-order chi connectivity index (χ0) is 21.2. The zero-order valence-corrected chi connectivity index (χ0v) is 16.2. The number of esters is 1. The summed E-state index contributed by atoms with van der Waals surface area (Å²) in [5.74, 6) is -1.38. The number of anilines is 1. The lowest BCUT2D eigenvalue weighted by Gasteiger charge is -2.10. The van der Waals surface area contributed by atoms with E-state index in [1.54, 1.807) is 36.4 Å². The standard InChI is InChI=1S/C20H21N3O6/c1-13-4-9-17(27-2)16(10-13)22-19(25)20(26)23-21-11-14-5-7-15(8-6-14)29-12-18(24)28-3/h4-11H,12H2,1-3H3,(H,22,25)(H,23,26)/b21-11-. The molecule has 2 rings (SSSR count). The summed E-state index contributed by atoms with van der Waals surface area (Å²) in [7, 11) is 2.74. The molecule has 0 atom stereocenters. The van der Waals surface area contributed by atoms with Crippen LogP contribution in [0.3, 0.4) is 0 Å². The Morgan fingerprint density at radius 3 is 2.41 bits per heavy atom. The first kappa shape index (κ1) is 21.4. The second kappa shape index (κ2) is 10.5. The molecular weight excluding hydrogens is 378 g/mol. The van der Waals surface area contributed by atoms with Gasteiger partial charge in [0.2, 0.25) is 0 Å². The van der Waals surface area contributed by atoms with E-state index in [1.807, 2.05) is 13.0 Å². The number of hydrogen-bond donors (Lipinski definition) is 2. The van der Waals surface area contributed by atoms with Gasteiger partial charge in [-0.15, -0.1) is 0 Å². The van der Waals surface area contributed by atoms with Gasteiger partial charge in [-0.25, -0.2) is 10.2 Å². The van der Waals surface area contributed by atoms with Crippen molar-refractivity contribution in [1.82, 2.24) is 5.43 Å². The maximum Gasteiger partial charge on any atom is 0.343 e. The van der Waals surface area contributed by atoms with Crippen molar-refractivity contribution in [3.63, 3.8) is 0 Å². The maximum atomic E-state index is 12.0. The van der Waals surface area contributed by atoms with Gasteiger partial charge >= 0.3 is 17.8 Å². The third-order valence-electron chi connectivity index (χ3n) is 3.65. The van der Waals surface area contributed by atoms with Crippen molar-refractivity contribution in [2.75, 3.05) is 26.1 Å². The fraction of sp³-hybridized carbons (Fsp3) is 0.200. The van der Waals surface area contributed by atoms with Crippen LogP contribution in [0.5, 0.6) is 11.5 Å². The number of methoxy groups -OCH3 is 2. The minimum atomic E-state index is -0.928. The number of benzene rings is 2. The highest BCUT2D eigenvalue weighted by atomic mass is 16.6. The van der Waals surface area contributed by atoms with Gasteiger partial charge in [0.15, 0.2) is 6.61 Å². The van der Waals surface area contributed by atoms with Gasteiger partial charge in [-0.2, -0.15) is 5.10 Å². The Balaban J connectivity index is 1.88. The molecule has 2 aromatic rings. The summed E-state index contributed by atoms with van der Waals surface area (Å²) in [5, 5.41) is 6.23. The van der Waals surface area contributed by atoms with E-state index in [0.717, 1.165) is 5.56 Å². The SMILES string of the molecule is COC(=O)COc1ccc(/C=N\NC(=O)C(=O)Nc2cc(C)ccc2OC)cc1. The molecule has 0 radical (unpaired) electrons. The topological polar surface area (TPSA) is 115 Å². The Morgan fingerprint density at radius 2 is 1.76 bits per heavy atom. The molecule has 0 saturated carbocycles. The first-order valence-corrected chi connectivity index (χ1v) is 8.51. The van der Waals surface area contributed by atoms with Crippen molar-refractivity contribution in [2.45, 2.75) is 6.92 Å². The lowest BCUT2D eigenvalue weighted by Crippen LogP contribution is -2.32. The van der Waals surface area contributed by atoms with E-state index in [2.05, 4.69) is 20.6 Å². The number of amides is 2. The largest absolute Gasteiger partial charge is 0.495 e. The number of nitrogens with one attached hydrogen (secondary N) is 2. The zero-order valence-electron chi connectivity index (χ0n) is 16.2. The van der Waals surface area contributed by atoms with Crippen LogP contribution in [-0.2, 0) is 19.1 Å². The van der Waals surface area contributed by atoms with Crippen LogP contribution in [0.2, 0.25) is 0 Å². The molecule has 2 aromatic carbocycles. The van der Waals surface area contributed by atoms with E-state index >= 15 is 0 Å². The predicted octanol–water partition coefficient (Wildman–Crippen LogP) is 1.64. The normalized spacial score (nSPS) is 10.3. The number of carbonyl (C=O) groups excluding carboxylic acids is 3. The molecule has 9 heteroatoms. The molecule has 0 aliphatic heterocycles. The summed E-state index contributed by atoms with van der Waals surface area (Å²) in [5.41, 5.74) is 4.09. The van der Waals surface area contributed by atoms with Gasteiger partial charge in [0.1, 0.15) is 11.5 Å². The van der Waals surface area contributed by atoms with E-state index in [1.165, 1.54) is 20.4 Å². The van der Waals surface area contributed by atoms with Crippen LogP contribution in [0.4, 0.5) is 5.69 Å². The molecule has 29 heavy (non-hydrogen) atoms. The Hall–Kier alpha value is -3.88. The average Bonchev–Trinajstić information content (AvgIpc) is 2.73. The molecule has 0 unspecified atom stereocenters. The number of ether oxygens (including phenoxy) is 3. The van der Waals surface area contributed by atoms with Gasteiger partial charge in [0.25, 0.3) is 0 Å². The molecule has 0 saturated heterocycles. The maximum absolute atomic E-state index is 12.0. The summed E-state index contributed by atoms with van der Waals surface area (Å²) >= 11 is 0. The minimum Gasteiger partial charge on any atom is -0.495 e. The van der Waals surface area contributed by atoms with Crippen molar-refractivity contribution in [3.05, 3.63) is 53.6 Å². The molecule has 0 aromatic heterocycles. The van der Waals surface area contributed by atoms with Crippen LogP contribution in [0.25, 0.3) is 0 Å². The number of rotatable bonds is 7. The Bertz CT molecular complexity index is 909. The highest BCUT2D eigenvalue weighted by Crippen LogP contribution is 2.24. The second-order valence-electron chi connectivity index (χ2n) is 5.79. The molecular formula is C20H21N3O6. The van der Waals surface area contributed by atoms with E-state index < -0.39 is 17.8 Å². The monoisotopic (exact) mass is 399 g/mol. The molecule has 9 nitrogen and oxygen atoms in total. The van der Waals surface area contributed by atoms with Gasteiger partial charge in [-0.3, -0.25) is 9.59 Å². The van der Waals surface area contributed by atoms with Crippen LogP contribution in [-0.4, -0.2) is 44.8 Å². The van der Waals surface area contributed by atoms with Crippen molar-refractivity contribution in [2.24, 2.45) is 5.10 Å². The molecule has 0 bridgehead atoms. The quantitative estimate of drug-likeness (QED) is 0.317. The first-order valence-electron chi connectivity index (χ1n) is 8.51. The average molecular weight is 399 g/mol. The van der Waals surface area contributed by atoms with Crippen LogP contribution >= 0.6 is 0 Å². The second-order valence-corrected chi connectivity index (χ2v) is 5.79. The first-order chi connectivity index (χ1) is 13.9. The molecule has 152 valence electrons. The van der Waals surface area contributed by atoms with Gasteiger partial charge in [0, 0.05) is 0 Å². The van der Waals surface area contributed by atoms with E-state index in [-0.39, 0.29) is 6.61 Å². The Kier molecular flexibility index (Phi) is 7.72. The third-order valence-corrected chi connectivity index (χ3v) is 3.65. The van der Waals surface area contributed by atoms with Crippen molar-refractivity contribution < 1.29 is 28.6 Å². The van der Waals surface area contributed by atoms with Crippen LogP contribution in [0.1, 0.15) is 11.1 Å². The van der Waals surface area contributed by atoms with E-state index in [9.17, 15) is 14.4 Å². The molecule has 0 spiro atoms. The number of hydrazone groups is 1. The fourth-order valence-electron chi connectivity index (χ4n) is 2.17. The van der Waals surface area contributed by atoms with E-state index in [4.69, 9.17) is 9.47 Å². The summed E-state index contributed by atoms with van der Waals surface area (Å²) < 4.78 is 14.9. The number of nitrogens with zero attached hydrogens (tertiary/aromatic N) is 1. The highest BCUT2D eigenvalue weighted by Gasteiger charge is 2.15. The summed E-state index contributed by atoms with van der Waals surface area (Å²) in [6, 6.07) is 11.8. The Labute approximate surface area is 167 Å². The summed E-state index contributed by atoms with van der Waals surface area (Å²) in [4.78, 5) is 35.0. The van der Waals surface area contributed by atoms with E-state index in [0.29, 0.717) is 22.7 Å². The molecule has 0 fully saturated rings. The van der Waals surface area contributed by atoms with Crippen molar-refractivity contribution in [1.29, 1.82) is 0 Å². The van der Waals surface area contributed by atoms with Gasteiger partial charge in [0.05, 0.1) is 26.1 Å². The Morgan fingerprint density at radius 1 is 1.03 bits per heavy atom. The molecule has 2 amide bonds. The number of aryl methyl sites for hydroxylation is 1. The smallest absolute Gasteiger partial charge is 0.343 e. The highest BCUT2D eigenvalue weighted by molar-refractivity contribution is 6.39. The van der Waals surface area contributed by atoms with Gasteiger partial charge in [-0.1, -0.05) is 6.07 Å². The molecule has 0 heterocycles. The van der Waals surface area contributed by atoms with Crippen LogP contribution in [0, 0.1) is 6.92 Å². The van der Waals surface area contributed by atoms with Gasteiger partial charge < -0.3 is 19.5 Å². The predicted molar refractivity (Wildman–Crippen MR) is 106 cm³/mol. The van der Waals surface area contributed by atoms with Crippen LogP contribution < -0.4 is 20.2 Å². The van der Waals surface area contributed by atoms with Crippen molar-refractivity contribution >= 4 is 29.7 Å². The number of hydrogen-bond acceptors (Lipinski definition) is 7. The van der Waals surface area contributed by atoms with Gasteiger partial charge in [-0.05, 0) is 54.4 Å². The third kappa shape index (κ3) is 6.65. The molecule has 0 aliphatic carbocycles. The lowest BCUT2D eigenvalue weighted by atomic mass is 10.2. The molecule has 2 N–H and O–H groups in total.